The Hall–Kier alpha value is -1.85. The van der Waals surface area contributed by atoms with Gasteiger partial charge >= 0.3 is 6.09 Å². The van der Waals surface area contributed by atoms with Crippen molar-refractivity contribution >= 4 is 12.0 Å². The summed E-state index contributed by atoms with van der Waals surface area (Å²) >= 11 is 0. The Morgan fingerprint density at radius 1 is 1.33 bits per heavy atom. The first-order valence-electron chi connectivity index (χ1n) is 8.71. The lowest BCUT2D eigenvalue weighted by molar-refractivity contribution is 0.0489. The Bertz CT molecular complexity index is 563. The molecule has 2 atom stereocenters. The minimum Gasteiger partial charge on any atom is -0.444 e. The van der Waals surface area contributed by atoms with Gasteiger partial charge in [-0.3, -0.25) is 0 Å². The molecule has 1 aliphatic heterocycles. The summed E-state index contributed by atoms with van der Waals surface area (Å²) in [6.07, 6.45) is 1.80. The lowest BCUT2D eigenvalue weighted by Crippen LogP contribution is -2.47. The third-order valence-electron chi connectivity index (χ3n) is 4.16. The molecule has 0 spiro atoms. The van der Waals surface area contributed by atoms with Crippen LogP contribution in [-0.2, 0) is 4.74 Å². The van der Waals surface area contributed by atoms with E-state index in [0.717, 1.165) is 43.3 Å². The molecular formula is C18H30N4O2. The molecule has 1 saturated heterocycles. The molecule has 1 aliphatic rings. The Morgan fingerprint density at radius 3 is 2.54 bits per heavy atom. The monoisotopic (exact) mass is 334 g/mol. The lowest BCUT2D eigenvalue weighted by atomic mass is 9.92. The number of alkyl carbamates (subject to hydrolysis) is 1. The van der Waals surface area contributed by atoms with Crippen LogP contribution in [0, 0.1) is 19.8 Å². The molecule has 0 aromatic carbocycles. The summed E-state index contributed by atoms with van der Waals surface area (Å²) in [5.74, 6) is 1.15. The summed E-state index contributed by atoms with van der Waals surface area (Å²) in [5.41, 5.74) is 1.49. The van der Waals surface area contributed by atoms with Crippen LogP contribution in [0.3, 0.4) is 0 Å². The number of rotatable bonds is 3. The number of nitrogens with zero attached hydrogens (tertiary/aromatic N) is 3. The third-order valence-corrected chi connectivity index (χ3v) is 4.16. The molecule has 1 N–H and O–H groups in total. The Morgan fingerprint density at radius 2 is 1.96 bits per heavy atom. The number of nitrogens with one attached hydrogen (secondary N) is 1. The van der Waals surface area contributed by atoms with Crippen LogP contribution < -0.4 is 10.2 Å². The van der Waals surface area contributed by atoms with Crippen LogP contribution in [0.25, 0.3) is 0 Å². The minimum absolute atomic E-state index is 0.0496. The molecule has 1 aromatic heterocycles. The zero-order valence-electron chi connectivity index (χ0n) is 15.7. The highest BCUT2D eigenvalue weighted by Gasteiger charge is 2.28. The summed E-state index contributed by atoms with van der Waals surface area (Å²) < 4.78 is 5.35. The average Bonchev–Trinajstić information content (AvgIpc) is 2.44. The Labute approximate surface area is 145 Å². The first-order chi connectivity index (χ1) is 11.1. The maximum atomic E-state index is 12.0. The molecule has 0 radical (unpaired) electrons. The number of amides is 1. The van der Waals surface area contributed by atoms with Crippen molar-refractivity contribution in [3.63, 3.8) is 0 Å². The smallest absolute Gasteiger partial charge is 0.407 e. The largest absolute Gasteiger partial charge is 0.444 e. The Kier molecular flexibility index (Phi) is 5.67. The number of hydrogen-bond donors (Lipinski definition) is 1. The normalized spacial score (nSPS) is 19.8. The molecule has 6 nitrogen and oxygen atoms in total. The maximum absolute atomic E-state index is 12.0. The molecule has 0 unspecified atom stereocenters. The Balaban J connectivity index is 1.98. The van der Waals surface area contributed by atoms with E-state index < -0.39 is 5.60 Å². The molecule has 24 heavy (non-hydrogen) atoms. The van der Waals surface area contributed by atoms with Gasteiger partial charge < -0.3 is 15.0 Å². The van der Waals surface area contributed by atoms with E-state index in [9.17, 15) is 4.79 Å². The number of anilines is 1. The van der Waals surface area contributed by atoms with Gasteiger partial charge in [0.1, 0.15) is 5.60 Å². The minimum atomic E-state index is -0.477. The second-order valence-corrected chi connectivity index (χ2v) is 7.73. The summed E-state index contributed by atoms with van der Waals surface area (Å²) in [6, 6.07) is 2.03. The van der Waals surface area contributed by atoms with E-state index in [-0.39, 0.29) is 12.1 Å². The van der Waals surface area contributed by atoms with Crippen LogP contribution in [-0.4, -0.2) is 40.8 Å². The third kappa shape index (κ3) is 5.35. The predicted molar refractivity (Wildman–Crippen MR) is 95.3 cm³/mol. The van der Waals surface area contributed by atoms with Crippen molar-refractivity contribution in [2.45, 2.75) is 66.0 Å². The van der Waals surface area contributed by atoms with Gasteiger partial charge in [-0.15, -0.1) is 0 Å². The van der Waals surface area contributed by atoms with Crippen LogP contribution in [0.1, 0.15) is 51.9 Å². The molecular weight excluding hydrogens is 304 g/mol. The quantitative estimate of drug-likeness (QED) is 0.919. The van der Waals surface area contributed by atoms with E-state index in [0.29, 0.717) is 5.92 Å². The van der Waals surface area contributed by atoms with Gasteiger partial charge in [0.05, 0.1) is 0 Å². The first-order valence-corrected chi connectivity index (χ1v) is 8.71. The van der Waals surface area contributed by atoms with E-state index in [1.165, 1.54) is 0 Å². The van der Waals surface area contributed by atoms with Gasteiger partial charge in [-0.2, -0.15) is 0 Å². The second kappa shape index (κ2) is 7.36. The number of aromatic nitrogens is 2. The summed E-state index contributed by atoms with van der Waals surface area (Å²) in [6.45, 7) is 13.4. The van der Waals surface area contributed by atoms with Gasteiger partial charge in [-0.25, -0.2) is 14.8 Å². The summed E-state index contributed by atoms with van der Waals surface area (Å²) in [5, 5.41) is 2.97. The number of ether oxygens (including phenoxy) is 1. The molecule has 1 amide bonds. The predicted octanol–water partition coefficient (Wildman–Crippen LogP) is 3.22. The van der Waals surface area contributed by atoms with Crippen molar-refractivity contribution in [2.75, 3.05) is 18.0 Å². The van der Waals surface area contributed by atoms with Gasteiger partial charge in [0.15, 0.2) is 0 Å². The van der Waals surface area contributed by atoms with Crippen LogP contribution in [0.2, 0.25) is 0 Å². The molecule has 0 saturated carbocycles. The topological polar surface area (TPSA) is 67.4 Å². The molecule has 6 heteroatoms. The summed E-state index contributed by atoms with van der Waals surface area (Å²) in [7, 11) is 0. The van der Waals surface area contributed by atoms with E-state index in [2.05, 4.69) is 20.2 Å². The SMILES string of the molecule is Cc1cc(C)nc(N2CCC[C@H]([C@H](C)NC(=O)OC(C)(C)C)C2)n1. The van der Waals surface area contributed by atoms with Crippen LogP contribution >= 0.6 is 0 Å². The lowest BCUT2D eigenvalue weighted by Gasteiger charge is -2.36. The molecule has 2 heterocycles. The first kappa shape index (κ1) is 18.5. The van der Waals surface area contributed by atoms with Crippen molar-refractivity contribution in [3.8, 4) is 0 Å². The van der Waals surface area contributed by atoms with E-state index in [1.54, 1.807) is 0 Å². The van der Waals surface area contributed by atoms with Crippen molar-refractivity contribution in [1.29, 1.82) is 0 Å². The van der Waals surface area contributed by atoms with Crippen LogP contribution in [0.15, 0.2) is 6.07 Å². The van der Waals surface area contributed by atoms with Gasteiger partial charge in [0.25, 0.3) is 0 Å². The molecule has 2 rings (SSSR count). The van der Waals surface area contributed by atoms with Gasteiger partial charge in [-0.1, -0.05) is 0 Å². The fourth-order valence-electron chi connectivity index (χ4n) is 3.06. The summed E-state index contributed by atoms with van der Waals surface area (Å²) in [4.78, 5) is 23.3. The number of piperidine rings is 1. The highest BCUT2D eigenvalue weighted by Crippen LogP contribution is 2.23. The molecule has 134 valence electrons. The second-order valence-electron chi connectivity index (χ2n) is 7.73. The highest BCUT2D eigenvalue weighted by molar-refractivity contribution is 5.68. The fourth-order valence-corrected chi connectivity index (χ4v) is 3.06. The number of hydrogen-bond acceptors (Lipinski definition) is 5. The highest BCUT2D eigenvalue weighted by atomic mass is 16.6. The number of carbonyl (C=O) groups excluding carboxylic acids is 1. The van der Waals surface area contributed by atoms with Crippen molar-refractivity contribution in [3.05, 3.63) is 17.5 Å². The number of carbonyl (C=O) groups is 1. The van der Waals surface area contributed by atoms with Gasteiger partial charge in [0.2, 0.25) is 5.95 Å². The fraction of sp³-hybridized carbons (Fsp3) is 0.722. The van der Waals surface area contributed by atoms with Gasteiger partial charge in [0, 0.05) is 30.5 Å². The average molecular weight is 334 g/mol. The zero-order valence-corrected chi connectivity index (χ0v) is 15.7. The van der Waals surface area contributed by atoms with E-state index in [1.807, 2.05) is 47.6 Å². The molecule has 1 aromatic rings. The van der Waals surface area contributed by atoms with Gasteiger partial charge in [-0.05, 0) is 66.4 Å². The van der Waals surface area contributed by atoms with E-state index >= 15 is 0 Å². The number of aryl methyl sites for hydroxylation is 2. The maximum Gasteiger partial charge on any atom is 0.407 e. The molecule has 1 fully saturated rings. The molecule has 0 bridgehead atoms. The molecule has 0 aliphatic carbocycles. The standard InChI is InChI=1S/C18H30N4O2/c1-12-10-13(2)20-16(19-12)22-9-7-8-15(11-22)14(3)21-17(23)24-18(4,5)6/h10,14-15H,7-9,11H2,1-6H3,(H,21,23)/t14-,15-/m0/s1. The van der Waals surface area contributed by atoms with Crippen LogP contribution in [0.5, 0.6) is 0 Å². The zero-order chi connectivity index (χ0) is 17.9. The van der Waals surface area contributed by atoms with Crippen molar-refractivity contribution in [2.24, 2.45) is 5.92 Å². The van der Waals surface area contributed by atoms with Crippen molar-refractivity contribution in [1.82, 2.24) is 15.3 Å². The van der Waals surface area contributed by atoms with E-state index in [4.69, 9.17) is 4.74 Å². The van der Waals surface area contributed by atoms with Crippen molar-refractivity contribution < 1.29 is 9.53 Å². The van der Waals surface area contributed by atoms with Crippen LogP contribution in [0.4, 0.5) is 10.7 Å².